The van der Waals surface area contributed by atoms with Crippen molar-refractivity contribution in [2.45, 2.75) is 26.2 Å². The van der Waals surface area contributed by atoms with Gasteiger partial charge >= 0.3 is 11.9 Å². The van der Waals surface area contributed by atoms with Crippen molar-refractivity contribution in [3.8, 4) is 0 Å². The number of carboxylic acids is 2. The summed E-state index contributed by atoms with van der Waals surface area (Å²) in [6, 6.07) is 9.58. The monoisotopic (exact) mass is 341 g/mol. The van der Waals surface area contributed by atoms with Gasteiger partial charge in [0.1, 0.15) is 0 Å². The average molecular weight is 341 g/mol. The zero-order chi connectivity index (χ0) is 17.6. The summed E-state index contributed by atoms with van der Waals surface area (Å²) in [6.45, 7) is 2.10. The lowest BCUT2D eigenvalue weighted by Crippen LogP contribution is -2.13. The SMILES string of the molecule is CCCCc1cc2ccccc2n1S(C)(=O)=O.O=C(O)C(=O)O. The van der Waals surface area contributed by atoms with Crippen LogP contribution in [0.1, 0.15) is 25.5 Å². The molecule has 1 heterocycles. The summed E-state index contributed by atoms with van der Waals surface area (Å²) in [7, 11) is -3.23. The Morgan fingerprint density at radius 1 is 1.13 bits per heavy atom. The molecule has 0 spiro atoms. The Morgan fingerprint density at radius 2 is 1.70 bits per heavy atom. The van der Waals surface area contributed by atoms with E-state index in [2.05, 4.69) is 6.92 Å². The fourth-order valence-electron chi connectivity index (χ4n) is 2.11. The van der Waals surface area contributed by atoms with E-state index in [9.17, 15) is 8.42 Å². The average Bonchev–Trinajstić information content (AvgIpc) is 2.83. The maximum absolute atomic E-state index is 11.9. The van der Waals surface area contributed by atoms with Gasteiger partial charge in [0.05, 0.1) is 11.8 Å². The summed E-state index contributed by atoms with van der Waals surface area (Å²) < 4.78 is 25.2. The number of aliphatic carboxylic acids is 2. The molecule has 2 aromatic rings. The van der Waals surface area contributed by atoms with Crippen LogP contribution in [0.5, 0.6) is 0 Å². The second-order valence-electron chi connectivity index (χ2n) is 4.94. The standard InChI is InChI=1S/C13H17NO2S.C2H2O4/c1-3-4-8-12-10-11-7-5-6-9-13(11)14(12)17(2,15)16;3-1(4)2(5)6/h5-7,9-10H,3-4,8H2,1-2H3;(H,3,4)(H,5,6). The van der Waals surface area contributed by atoms with E-state index in [1.807, 2.05) is 30.3 Å². The van der Waals surface area contributed by atoms with E-state index in [0.29, 0.717) is 0 Å². The number of para-hydroxylation sites is 1. The molecule has 1 aromatic carbocycles. The Bertz CT molecular complexity index is 794. The van der Waals surface area contributed by atoms with Crippen molar-refractivity contribution >= 4 is 32.9 Å². The van der Waals surface area contributed by atoms with Gasteiger partial charge in [-0.2, -0.15) is 0 Å². The molecule has 0 radical (unpaired) electrons. The van der Waals surface area contributed by atoms with Crippen LogP contribution in [0.4, 0.5) is 0 Å². The lowest BCUT2D eigenvalue weighted by Gasteiger charge is -2.07. The molecule has 2 N–H and O–H groups in total. The van der Waals surface area contributed by atoms with Crippen molar-refractivity contribution in [1.82, 2.24) is 3.97 Å². The lowest BCUT2D eigenvalue weighted by molar-refractivity contribution is -0.159. The smallest absolute Gasteiger partial charge is 0.414 e. The van der Waals surface area contributed by atoms with Crippen LogP contribution >= 0.6 is 0 Å². The van der Waals surface area contributed by atoms with Gasteiger partial charge in [-0.1, -0.05) is 31.5 Å². The minimum atomic E-state index is -3.23. The Morgan fingerprint density at radius 3 is 2.17 bits per heavy atom. The number of carboxylic acid groups (broad SMARTS) is 2. The molecule has 0 saturated heterocycles. The van der Waals surface area contributed by atoms with Crippen LogP contribution in [0.3, 0.4) is 0 Å². The highest BCUT2D eigenvalue weighted by molar-refractivity contribution is 7.89. The van der Waals surface area contributed by atoms with Crippen molar-refractivity contribution in [1.29, 1.82) is 0 Å². The van der Waals surface area contributed by atoms with E-state index in [0.717, 1.165) is 35.9 Å². The van der Waals surface area contributed by atoms with Crippen LogP contribution in [0.25, 0.3) is 10.9 Å². The third-order valence-electron chi connectivity index (χ3n) is 3.04. The summed E-state index contributed by atoms with van der Waals surface area (Å²) in [5.41, 5.74) is 1.66. The summed E-state index contributed by atoms with van der Waals surface area (Å²) in [5.74, 6) is -3.65. The van der Waals surface area contributed by atoms with Crippen LogP contribution in [-0.4, -0.2) is 40.8 Å². The summed E-state index contributed by atoms with van der Waals surface area (Å²) in [6.07, 6.45) is 4.13. The molecular formula is C15H19NO6S. The molecule has 0 fully saturated rings. The van der Waals surface area contributed by atoms with Crippen LogP contribution in [0, 0.1) is 0 Å². The molecule has 0 bridgehead atoms. The minimum absolute atomic E-state index is 0.779. The fraction of sp³-hybridized carbons (Fsp3) is 0.333. The van der Waals surface area contributed by atoms with Crippen molar-refractivity contribution in [3.63, 3.8) is 0 Å². The highest BCUT2D eigenvalue weighted by Gasteiger charge is 2.15. The molecule has 0 unspecified atom stereocenters. The summed E-state index contributed by atoms with van der Waals surface area (Å²) >= 11 is 0. The van der Waals surface area contributed by atoms with Gasteiger partial charge in [-0.3, -0.25) is 0 Å². The van der Waals surface area contributed by atoms with E-state index in [1.54, 1.807) is 0 Å². The van der Waals surface area contributed by atoms with Gasteiger partial charge in [0, 0.05) is 11.1 Å². The molecule has 0 saturated carbocycles. The third kappa shape index (κ3) is 5.10. The number of hydrogen-bond acceptors (Lipinski definition) is 4. The molecule has 0 atom stereocenters. The van der Waals surface area contributed by atoms with Crippen LogP contribution in [0.2, 0.25) is 0 Å². The number of rotatable bonds is 4. The molecule has 0 aliphatic rings. The highest BCUT2D eigenvalue weighted by atomic mass is 32.2. The molecule has 1 aromatic heterocycles. The van der Waals surface area contributed by atoms with E-state index in [-0.39, 0.29) is 0 Å². The summed E-state index contributed by atoms with van der Waals surface area (Å²) in [5, 5.41) is 15.8. The minimum Gasteiger partial charge on any atom is -0.473 e. The number of nitrogens with zero attached hydrogens (tertiary/aromatic N) is 1. The first-order chi connectivity index (χ1) is 10.7. The van der Waals surface area contributed by atoms with Gasteiger partial charge in [-0.05, 0) is 25.0 Å². The van der Waals surface area contributed by atoms with Gasteiger partial charge in [0.2, 0.25) is 10.0 Å². The maximum Gasteiger partial charge on any atom is 0.414 e. The number of unbranched alkanes of at least 4 members (excludes halogenated alkanes) is 1. The number of benzene rings is 1. The Hall–Kier alpha value is -2.35. The van der Waals surface area contributed by atoms with Gasteiger partial charge < -0.3 is 10.2 Å². The largest absolute Gasteiger partial charge is 0.473 e. The quantitative estimate of drug-likeness (QED) is 0.822. The van der Waals surface area contributed by atoms with E-state index in [1.165, 1.54) is 10.2 Å². The topological polar surface area (TPSA) is 114 Å². The van der Waals surface area contributed by atoms with Crippen molar-refractivity contribution < 1.29 is 28.2 Å². The number of carbonyl (C=O) groups is 2. The number of hydrogen-bond donors (Lipinski definition) is 2. The van der Waals surface area contributed by atoms with Gasteiger partial charge in [0.25, 0.3) is 0 Å². The normalized spacial score (nSPS) is 10.9. The zero-order valence-corrected chi connectivity index (χ0v) is 13.7. The van der Waals surface area contributed by atoms with Gasteiger partial charge in [-0.25, -0.2) is 22.0 Å². The van der Waals surface area contributed by atoms with E-state index >= 15 is 0 Å². The molecule has 126 valence electrons. The predicted molar refractivity (Wildman–Crippen MR) is 86.1 cm³/mol. The molecule has 0 amide bonds. The Kier molecular flexibility index (Phi) is 6.32. The molecular weight excluding hydrogens is 322 g/mol. The fourth-order valence-corrected chi connectivity index (χ4v) is 3.20. The molecule has 23 heavy (non-hydrogen) atoms. The van der Waals surface area contributed by atoms with Crippen LogP contribution < -0.4 is 0 Å². The first kappa shape index (κ1) is 18.7. The molecule has 8 heteroatoms. The van der Waals surface area contributed by atoms with Crippen molar-refractivity contribution in [3.05, 3.63) is 36.0 Å². The number of aryl methyl sites for hydroxylation is 1. The predicted octanol–water partition coefficient (Wildman–Crippen LogP) is 1.95. The second kappa shape index (κ2) is 7.77. The van der Waals surface area contributed by atoms with Crippen molar-refractivity contribution in [2.24, 2.45) is 0 Å². The number of aromatic nitrogens is 1. The zero-order valence-electron chi connectivity index (χ0n) is 12.9. The van der Waals surface area contributed by atoms with Gasteiger partial charge in [0.15, 0.2) is 0 Å². The van der Waals surface area contributed by atoms with Crippen LogP contribution in [-0.2, 0) is 26.0 Å². The van der Waals surface area contributed by atoms with Gasteiger partial charge in [-0.15, -0.1) is 0 Å². The molecule has 7 nitrogen and oxygen atoms in total. The lowest BCUT2D eigenvalue weighted by atomic mass is 10.2. The van der Waals surface area contributed by atoms with Crippen molar-refractivity contribution in [2.75, 3.05) is 6.26 Å². The Labute approximate surface area is 134 Å². The third-order valence-corrected chi connectivity index (χ3v) is 4.13. The van der Waals surface area contributed by atoms with E-state index < -0.39 is 22.0 Å². The van der Waals surface area contributed by atoms with E-state index in [4.69, 9.17) is 19.8 Å². The molecule has 0 aliphatic heterocycles. The Balaban J connectivity index is 0.000000379. The van der Waals surface area contributed by atoms with Crippen LogP contribution in [0.15, 0.2) is 30.3 Å². The molecule has 2 rings (SSSR count). The first-order valence-electron chi connectivity index (χ1n) is 6.94. The second-order valence-corrected chi connectivity index (χ2v) is 6.77. The highest BCUT2D eigenvalue weighted by Crippen LogP contribution is 2.22. The summed E-state index contributed by atoms with van der Waals surface area (Å²) in [4.78, 5) is 18.2. The first-order valence-corrected chi connectivity index (χ1v) is 8.79. The maximum atomic E-state index is 11.9. The molecule has 0 aliphatic carbocycles. The number of fused-ring (bicyclic) bond motifs is 1.